The van der Waals surface area contributed by atoms with Crippen LogP contribution < -0.4 is 10.6 Å². The molecule has 9 nitrogen and oxygen atoms in total. The van der Waals surface area contributed by atoms with Crippen molar-refractivity contribution in [3.63, 3.8) is 0 Å². The monoisotopic (exact) mass is 471 g/mol. The SMILES string of the molecule is O=C(NCCN1CCOCC1)c1ccc(-c2cnn3c(NCCc4ccccn4)ccnc23)cc1. The van der Waals surface area contributed by atoms with Gasteiger partial charge in [-0.05, 0) is 35.9 Å². The first-order valence-corrected chi connectivity index (χ1v) is 11.9. The number of benzene rings is 1. The van der Waals surface area contributed by atoms with Crippen molar-refractivity contribution in [3.8, 4) is 11.1 Å². The first kappa shape index (κ1) is 22.9. The Balaban J connectivity index is 1.21. The van der Waals surface area contributed by atoms with E-state index in [0.29, 0.717) is 12.1 Å². The fourth-order valence-electron chi connectivity index (χ4n) is 4.15. The lowest BCUT2D eigenvalue weighted by molar-refractivity contribution is 0.0383. The summed E-state index contributed by atoms with van der Waals surface area (Å²) >= 11 is 0. The van der Waals surface area contributed by atoms with E-state index < -0.39 is 0 Å². The number of rotatable bonds is 9. The van der Waals surface area contributed by atoms with Crippen molar-refractivity contribution in [2.75, 3.05) is 51.3 Å². The molecule has 4 heterocycles. The van der Waals surface area contributed by atoms with Crippen molar-refractivity contribution < 1.29 is 9.53 Å². The first-order chi connectivity index (χ1) is 17.3. The number of hydrogen-bond donors (Lipinski definition) is 2. The number of carbonyl (C=O) groups is 1. The van der Waals surface area contributed by atoms with Crippen LogP contribution in [0, 0.1) is 0 Å². The number of anilines is 1. The molecule has 9 heteroatoms. The highest BCUT2D eigenvalue weighted by Crippen LogP contribution is 2.25. The lowest BCUT2D eigenvalue weighted by atomic mass is 10.1. The van der Waals surface area contributed by atoms with Gasteiger partial charge in [-0.2, -0.15) is 9.61 Å². The molecule has 1 amide bonds. The minimum atomic E-state index is -0.0674. The van der Waals surface area contributed by atoms with Crippen molar-refractivity contribution in [2.45, 2.75) is 6.42 Å². The summed E-state index contributed by atoms with van der Waals surface area (Å²) in [6, 6.07) is 15.4. The zero-order valence-corrected chi connectivity index (χ0v) is 19.6. The highest BCUT2D eigenvalue weighted by atomic mass is 16.5. The number of nitrogens with one attached hydrogen (secondary N) is 2. The normalized spacial score (nSPS) is 14.2. The van der Waals surface area contributed by atoms with Crippen molar-refractivity contribution in [2.24, 2.45) is 0 Å². The highest BCUT2D eigenvalue weighted by molar-refractivity contribution is 5.95. The Morgan fingerprint density at radius 1 is 0.971 bits per heavy atom. The maximum absolute atomic E-state index is 12.5. The van der Waals surface area contributed by atoms with Crippen molar-refractivity contribution in [1.82, 2.24) is 29.8 Å². The molecule has 0 saturated carbocycles. The Hall–Kier alpha value is -3.82. The van der Waals surface area contributed by atoms with E-state index in [1.165, 1.54) is 0 Å². The molecule has 180 valence electrons. The predicted molar refractivity (Wildman–Crippen MR) is 134 cm³/mol. The second-order valence-electron chi connectivity index (χ2n) is 8.41. The molecule has 5 rings (SSSR count). The van der Waals surface area contributed by atoms with E-state index in [4.69, 9.17) is 4.74 Å². The lowest BCUT2D eigenvalue weighted by Crippen LogP contribution is -2.41. The van der Waals surface area contributed by atoms with Gasteiger partial charge in [0.25, 0.3) is 5.91 Å². The molecule has 35 heavy (non-hydrogen) atoms. The van der Waals surface area contributed by atoms with E-state index in [0.717, 1.165) is 74.1 Å². The fraction of sp³-hybridized carbons (Fsp3) is 0.308. The van der Waals surface area contributed by atoms with Crippen LogP contribution in [0.15, 0.2) is 67.1 Å². The fourth-order valence-corrected chi connectivity index (χ4v) is 4.15. The molecule has 0 radical (unpaired) electrons. The third-order valence-corrected chi connectivity index (χ3v) is 6.09. The summed E-state index contributed by atoms with van der Waals surface area (Å²) in [5, 5.41) is 11.0. The second-order valence-corrected chi connectivity index (χ2v) is 8.41. The van der Waals surface area contributed by atoms with Gasteiger partial charge in [0.1, 0.15) is 5.82 Å². The number of carbonyl (C=O) groups excluding carboxylic acids is 1. The second kappa shape index (κ2) is 11.1. The molecule has 0 atom stereocenters. The largest absolute Gasteiger partial charge is 0.379 e. The molecule has 1 aliphatic rings. The van der Waals surface area contributed by atoms with E-state index in [2.05, 4.69) is 30.6 Å². The molecular formula is C26H29N7O2. The summed E-state index contributed by atoms with van der Waals surface area (Å²) in [7, 11) is 0. The van der Waals surface area contributed by atoms with Gasteiger partial charge in [0, 0.05) is 68.4 Å². The first-order valence-electron chi connectivity index (χ1n) is 11.9. The minimum Gasteiger partial charge on any atom is -0.379 e. The molecule has 1 fully saturated rings. The van der Waals surface area contributed by atoms with Crippen LogP contribution in [-0.4, -0.2) is 76.3 Å². The van der Waals surface area contributed by atoms with E-state index in [9.17, 15) is 4.79 Å². The lowest BCUT2D eigenvalue weighted by Gasteiger charge is -2.26. The average molecular weight is 472 g/mol. The van der Waals surface area contributed by atoms with E-state index in [1.807, 2.05) is 54.7 Å². The number of ether oxygens (including phenoxy) is 1. The molecule has 0 bridgehead atoms. The number of amides is 1. The van der Waals surface area contributed by atoms with Gasteiger partial charge in [-0.25, -0.2) is 4.98 Å². The van der Waals surface area contributed by atoms with Crippen molar-refractivity contribution >= 4 is 17.4 Å². The molecule has 0 spiro atoms. The summed E-state index contributed by atoms with van der Waals surface area (Å²) < 4.78 is 7.17. The number of morpholine rings is 1. The molecule has 1 aliphatic heterocycles. The molecule has 4 aromatic rings. The Kier molecular flexibility index (Phi) is 7.26. The molecule has 1 aromatic carbocycles. The molecule has 2 N–H and O–H groups in total. The Morgan fingerprint density at radius 2 is 1.83 bits per heavy atom. The van der Waals surface area contributed by atoms with Crippen LogP contribution in [0.25, 0.3) is 16.8 Å². The Labute approximate surface area is 204 Å². The van der Waals surface area contributed by atoms with Gasteiger partial charge >= 0.3 is 0 Å². The number of aromatic nitrogens is 4. The van der Waals surface area contributed by atoms with Crippen LogP contribution in [0.3, 0.4) is 0 Å². The molecule has 0 unspecified atom stereocenters. The van der Waals surface area contributed by atoms with Crippen LogP contribution in [0.2, 0.25) is 0 Å². The summed E-state index contributed by atoms with van der Waals surface area (Å²) in [6.45, 7) is 5.54. The number of pyridine rings is 1. The maximum Gasteiger partial charge on any atom is 0.251 e. The Bertz CT molecular complexity index is 1250. The van der Waals surface area contributed by atoms with Crippen LogP contribution in [0.5, 0.6) is 0 Å². The average Bonchev–Trinajstić information content (AvgIpc) is 3.35. The summed E-state index contributed by atoms with van der Waals surface area (Å²) in [6.07, 6.45) is 6.21. The van der Waals surface area contributed by atoms with Crippen LogP contribution >= 0.6 is 0 Å². The zero-order valence-electron chi connectivity index (χ0n) is 19.6. The van der Waals surface area contributed by atoms with Crippen LogP contribution in [0.1, 0.15) is 16.1 Å². The van der Waals surface area contributed by atoms with E-state index in [-0.39, 0.29) is 5.91 Å². The molecule has 1 saturated heterocycles. The Morgan fingerprint density at radius 3 is 2.63 bits per heavy atom. The topological polar surface area (TPSA) is 96.7 Å². The van der Waals surface area contributed by atoms with E-state index >= 15 is 0 Å². The zero-order chi connectivity index (χ0) is 23.9. The maximum atomic E-state index is 12.5. The van der Waals surface area contributed by atoms with Gasteiger partial charge in [-0.3, -0.25) is 14.7 Å². The predicted octanol–water partition coefficient (Wildman–Crippen LogP) is 2.51. The minimum absolute atomic E-state index is 0.0674. The van der Waals surface area contributed by atoms with Gasteiger partial charge in [0.15, 0.2) is 5.65 Å². The number of hydrogen-bond acceptors (Lipinski definition) is 7. The summed E-state index contributed by atoms with van der Waals surface area (Å²) in [5.41, 5.74) is 4.31. The quantitative estimate of drug-likeness (QED) is 0.387. The van der Waals surface area contributed by atoms with Crippen LogP contribution in [0.4, 0.5) is 5.82 Å². The number of nitrogens with zero attached hydrogens (tertiary/aromatic N) is 5. The third-order valence-electron chi connectivity index (χ3n) is 6.09. The molecule has 3 aromatic heterocycles. The van der Waals surface area contributed by atoms with Gasteiger partial charge in [-0.15, -0.1) is 0 Å². The summed E-state index contributed by atoms with van der Waals surface area (Å²) in [5.74, 6) is 0.802. The molecular weight excluding hydrogens is 442 g/mol. The highest BCUT2D eigenvalue weighted by Gasteiger charge is 2.13. The summed E-state index contributed by atoms with van der Waals surface area (Å²) in [4.78, 5) is 23.8. The van der Waals surface area contributed by atoms with Crippen molar-refractivity contribution in [3.05, 3.63) is 78.4 Å². The van der Waals surface area contributed by atoms with Gasteiger partial charge < -0.3 is 15.4 Å². The third kappa shape index (κ3) is 5.64. The molecule has 0 aliphatic carbocycles. The van der Waals surface area contributed by atoms with Crippen molar-refractivity contribution in [1.29, 1.82) is 0 Å². The van der Waals surface area contributed by atoms with Crippen LogP contribution in [-0.2, 0) is 11.2 Å². The van der Waals surface area contributed by atoms with E-state index in [1.54, 1.807) is 16.9 Å². The number of fused-ring (bicyclic) bond motifs is 1. The van der Waals surface area contributed by atoms with Gasteiger partial charge in [0.05, 0.1) is 19.4 Å². The smallest absolute Gasteiger partial charge is 0.251 e. The standard InChI is InChI=1S/C26H29N7O2/c34-26(30-13-14-32-15-17-35-18-16-32)21-6-4-20(5-7-21)23-19-31-33-24(9-12-29-25(23)33)28-11-8-22-3-1-2-10-27-22/h1-7,9-10,12,19,28H,8,11,13-18H2,(H,30,34). The van der Waals surface area contributed by atoms with Gasteiger partial charge in [0.2, 0.25) is 0 Å². The van der Waals surface area contributed by atoms with Gasteiger partial charge in [-0.1, -0.05) is 18.2 Å².